The molecule has 1 aliphatic rings. The Morgan fingerprint density at radius 2 is 1.62 bits per heavy atom. The van der Waals surface area contributed by atoms with E-state index in [-0.39, 0.29) is 5.91 Å². The summed E-state index contributed by atoms with van der Waals surface area (Å²) >= 11 is 0. The lowest BCUT2D eigenvalue weighted by Gasteiger charge is -2.34. The second-order valence-electron chi connectivity index (χ2n) is 7.36. The molecule has 2 rings (SSSR count). The van der Waals surface area contributed by atoms with E-state index in [0.29, 0.717) is 22.5 Å². The van der Waals surface area contributed by atoms with Gasteiger partial charge < -0.3 is 9.47 Å². The Bertz CT molecular complexity index is 585. The topological polar surface area (TPSA) is 59.9 Å². The molecular weight excluding hydrogens is 304 g/mol. The molecule has 0 atom stereocenters. The average Bonchev–Trinajstić information content (AvgIpc) is 2.58. The molecule has 1 saturated carbocycles. The number of nitrogens with one attached hydrogen (secondary N) is 1. The van der Waals surface area contributed by atoms with Gasteiger partial charge in [-0.25, -0.2) is 5.43 Å². The lowest BCUT2D eigenvalue weighted by molar-refractivity contribution is 0.0953. The highest BCUT2D eigenvalue weighted by atomic mass is 16.5. The van der Waals surface area contributed by atoms with Gasteiger partial charge in [0.15, 0.2) is 0 Å². The molecule has 5 nitrogen and oxygen atoms in total. The van der Waals surface area contributed by atoms with Gasteiger partial charge in [-0.3, -0.25) is 4.79 Å². The normalized spacial score (nSPS) is 18.0. The summed E-state index contributed by atoms with van der Waals surface area (Å²) in [6.45, 7) is 6.87. The number of hydrazone groups is 1. The number of carbonyl (C=O) groups is 1. The monoisotopic (exact) mass is 332 g/mol. The van der Waals surface area contributed by atoms with Crippen LogP contribution in [-0.4, -0.2) is 25.8 Å². The zero-order chi connectivity index (χ0) is 17.7. The Kier molecular flexibility index (Phi) is 5.86. The molecule has 1 N–H and O–H groups in total. The van der Waals surface area contributed by atoms with Crippen LogP contribution in [0.5, 0.6) is 11.5 Å². The van der Waals surface area contributed by atoms with Gasteiger partial charge in [0, 0.05) is 17.3 Å². The number of amides is 1. The maximum atomic E-state index is 12.3. The van der Waals surface area contributed by atoms with E-state index in [0.717, 1.165) is 37.3 Å². The van der Waals surface area contributed by atoms with Crippen molar-refractivity contribution in [3.05, 3.63) is 23.8 Å². The summed E-state index contributed by atoms with van der Waals surface area (Å²) in [5.41, 5.74) is 4.54. The number of carbonyl (C=O) groups excluding carboxylic acids is 1. The van der Waals surface area contributed by atoms with Crippen LogP contribution in [0.25, 0.3) is 0 Å². The van der Waals surface area contributed by atoms with Crippen LogP contribution in [0.1, 0.15) is 56.8 Å². The summed E-state index contributed by atoms with van der Waals surface area (Å²) in [7, 11) is 3.12. The quantitative estimate of drug-likeness (QED) is 0.847. The zero-order valence-electron chi connectivity index (χ0n) is 15.3. The summed E-state index contributed by atoms with van der Waals surface area (Å²) in [6, 6.07) is 5.08. The van der Waals surface area contributed by atoms with Crippen LogP contribution in [0, 0.1) is 11.3 Å². The van der Waals surface area contributed by atoms with Crippen molar-refractivity contribution in [2.45, 2.75) is 46.5 Å². The van der Waals surface area contributed by atoms with E-state index >= 15 is 0 Å². The molecule has 0 aliphatic heterocycles. The summed E-state index contributed by atoms with van der Waals surface area (Å²) in [5, 5.41) is 4.32. The molecule has 1 aromatic carbocycles. The second kappa shape index (κ2) is 7.69. The average molecular weight is 332 g/mol. The highest BCUT2D eigenvalue weighted by molar-refractivity contribution is 5.96. The van der Waals surface area contributed by atoms with Crippen molar-refractivity contribution in [3.63, 3.8) is 0 Å². The zero-order valence-corrected chi connectivity index (χ0v) is 15.3. The Balaban J connectivity index is 1.98. The van der Waals surface area contributed by atoms with E-state index in [1.165, 1.54) is 0 Å². The molecule has 0 spiro atoms. The van der Waals surface area contributed by atoms with Gasteiger partial charge in [-0.2, -0.15) is 5.10 Å². The van der Waals surface area contributed by atoms with Gasteiger partial charge in [-0.15, -0.1) is 0 Å². The second-order valence-corrected chi connectivity index (χ2v) is 7.36. The minimum Gasteiger partial charge on any atom is -0.497 e. The maximum Gasteiger partial charge on any atom is 0.271 e. The highest BCUT2D eigenvalue weighted by Gasteiger charge is 2.28. The summed E-state index contributed by atoms with van der Waals surface area (Å²) in [4.78, 5) is 12.3. The first kappa shape index (κ1) is 18.3. The number of nitrogens with zero attached hydrogens (tertiary/aromatic N) is 1. The van der Waals surface area contributed by atoms with Gasteiger partial charge in [0.1, 0.15) is 11.5 Å². The predicted octanol–water partition coefficient (Wildman–Crippen LogP) is 4.03. The fraction of sp³-hybridized carbons (Fsp3) is 0.579. The molecule has 0 saturated heterocycles. The van der Waals surface area contributed by atoms with Crippen molar-refractivity contribution in [3.8, 4) is 11.5 Å². The molecule has 0 heterocycles. The van der Waals surface area contributed by atoms with Crippen LogP contribution in [0.15, 0.2) is 23.3 Å². The van der Waals surface area contributed by atoms with Crippen LogP contribution >= 0.6 is 0 Å². The first-order valence-electron chi connectivity index (χ1n) is 8.42. The molecule has 24 heavy (non-hydrogen) atoms. The van der Waals surface area contributed by atoms with Crippen LogP contribution in [-0.2, 0) is 0 Å². The van der Waals surface area contributed by atoms with Gasteiger partial charge in [-0.05, 0) is 49.1 Å². The molecule has 0 bridgehead atoms. The molecule has 5 heteroatoms. The molecular formula is C19H28N2O3. The lowest BCUT2D eigenvalue weighted by atomic mass is 9.72. The number of methoxy groups -OCH3 is 2. The van der Waals surface area contributed by atoms with E-state index in [4.69, 9.17) is 9.47 Å². The van der Waals surface area contributed by atoms with Crippen molar-refractivity contribution in [2.75, 3.05) is 14.2 Å². The number of hydrogen-bond donors (Lipinski definition) is 1. The Morgan fingerprint density at radius 1 is 1.08 bits per heavy atom. The highest BCUT2D eigenvalue weighted by Crippen LogP contribution is 2.36. The van der Waals surface area contributed by atoms with E-state index < -0.39 is 0 Å². The molecule has 1 amide bonds. The number of ether oxygens (including phenoxy) is 2. The number of rotatable bonds is 4. The van der Waals surface area contributed by atoms with E-state index in [9.17, 15) is 4.79 Å². The molecule has 1 fully saturated rings. The van der Waals surface area contributed by atoms with Crippen LogP contribution in [0.2, 0.25) is 0 Å². The van der Waals surface area contributed by atoms with E-state index in [1.807, 2.05) is 0 Å². The van der Waals surface area contributed by atoms with Crippen molar-refractivity contribution >= 4 is 11.6 Å². The largest absolute Gasteiger partial charge is 0.497 e. The maximum absolute atomic E-state index is 12.3. The van der Waals surface area contributed by atoms with Crippen LogP contribution < -0.4 is 14.9 Å². The fourth-order valence-electron chi connectivity index (χ4n) is 3.06. The van der Waals surface area contributed by atoms with Crippen molar-refractivity contribution < 1.29 is 14.3 Å². The third-order valence-electron chi connectivity index (χ3n) is 4.72. The minimum absolute atomic E-state index is 0.252. The predicted molar refractivity (Wildman–Crippen MR) is 95.9 cm³/mol. The Labute approximate surface area is 144 Å². The van der Waals surface area contributed by atoms with Crippen LogP contribution in [0.4, 0.5) is 0 Å². The van der Waals surface area contributed by atoms with Gasteiger partial charge in [-0.1, -0.05) is 20.8 Å². The lowest BCUT2D eigenvalue weighted by Crippen LogP contribution is -2.27. The number of benzene rings is 1. The minimum atomic E-state index is -0.252. The Hall–Kier alpha value is -2.04. The molecule has 1 aliphatic carbocycles. The third kappa shape index (κ3) is 4.73. The Morgan fingerprint density at radius 3 is 2.08 bits per heavy atom. The standard InChI is InChI=1S/C19H28N2O3/c1-19(2,3)14-6-8-15(9-7-14)20-21-18(22)13-10-16(23-4)12-17(11-13)24-5/h10-12,14H,6-9H2,1-5H3,(H,21,22). The number of hydrogen-bond acceptors (Lipinski definition) is 4. The SMILES string of the molecule is COc1cc(OC)cc(C(=O)NN=C2CCC(C(C)(C)C)CC2)c1. The smallest absolute Gasteiger partial charge is 0.271 e. The van der Waals surface area contributed by atoms with Gasteiger partial charge in [0.25, 0.3) is 5.91 Å². The van der Waals surface area contributed by atoms with E-state index in [1.54, 1.807) is 32.4 Å². The first-order chi connectivity index (χ1) is 11.3. The molecule has 0 aromatic heterocycles. The molecule has 0 radical (unpaired) electrons. The van der Waals surface area contributed by atoms with Gasteiger partial charge in [0.05, 0.1) is 14.2 Å². The molecule has 132 valence electrons. The van der Waals surface area contributed by atoms with Crippen molar-refractivity contribution in [1.29, 1.82) is 0 Å². The van der Waals surface area contributed by atoms with Crippen molar-refractivity contribution in [1.82, 2.24) is 5.43 Å². The van der Waals surface area contributed by atoms with E-state index in [2.05, 4.69) is 31.3 Å². The molecule has 0 unspecified atom stereocenters. The van der Waals surface area contributed by atoms with Crippen LogP contribution in [0.3, 0.4) is 0 Å². The summed E-state index contributed by atoms with van der Waals surface area (Å²) in [5.74, 6) is 1.63. The van der Waals surface area contributed by atoms with Gasteiger partial charge in [0.2, 0.25) is 0 Å². The molecule has 1 aromatic rings. The third-order valence-corrected chi connectivity index (χ3v) is 4.72. The fourth-order valence-corrected chi connectivity index (χ4v) is 3.06. The summed E-state index contributed by atoms with van der Waals surface area (Å²) in [6.07, 6.45) is 4.16. The van der Waals surface area contributed by atoms with Gasteiger partial charge >= 0.3 is 0 Å². The summed E-state index contributed by atoms with van der Waals surface area (Å²) < 4.78 is 10.4. The van der Waals surface area contributed by atoms with Crippen molar-refractivity contribution in [2.24, 2.45) is 16.4 Å². The first-order valence-corrected chi connectivity index (χ1v) is 8.42.